The van der Waals surface area contributed by atoms with E-state index in [1.807, 2.05) is 60.4 Å². The molecule has 0 saturated heterocycles. The van der Waals surface area contributed by atoms with Crippen LogP contribution >= 0.6 is 11.8 Å². The van der Waals surface area contributed by atoms with E-state index in [4.69, 9.17) is 4.74 Å². The van der Waals surface area contributed by atoms with Gasteiger partial charge in [0.05, 0.1) is 17.9 Å². The maximum Gasteiger partial charge on any atom is 0.262 e. The Hall–Kier alpha value is -3.92. The Kier molecular flexibility index (Phi) is 3.93. The molecule has 0 atom stereocenters. The third-order valence-corrected chi connectivity index (χ3v) is 5.98. The van der Waals surface area contributed by atoms with Gasteiger partial charge in [-0.25, -0.2) is 0 Å². The van der Waals surface area contributed by atoms with Gasteiger partial charge in [-0.1, -0.05) is 0 Å². The molecule has 6 rings (SSSR count). The van der Waals surface area contributed by atoms with Crippen LogP contribution in [-0.4, -0.2) is 41.9 Å². The Labute approximate surface area is 180 Å². The zero-order valence-corrected chi connectivity index (χ0v) is 17.1. The number of hydrogen-bond acceptors (Lipinski definition) is 7. The number of aromatic nitrogens is 6. The molecule has 1 amide bonds. The predicted octanol–water partition coefficient (Wildman–Crippen LogP) is 3.16. The Morgan fingerprint density at radius 3 is 2.90 bits per heavy atom. The number of ether oxygens (including phenoxy) is 1. The first-order valence-corrected chi connectivity index (χ1v) is 10.3. The van der Waals surface area contributed by atoms with Crippen LogP contribution < -0.4 is 10.1 Å². The van der Waals surface area contributed by atoms with Crippen molar-refractivity contribution in [1.29, 1.82) is 0 Å². The van der Waals surface area contributed by atoms with Crippen molar-refractivity contribution in [2.75, 3.05) is 11.9 Å². The van der Waals surface area contributed by atoms with E-state index in [9.17, 15) is 4.79 Å². The number of rotatable bonds is 3. The smallest absolute Gasteiger partial charge is 0.262 e. The summed E-state index contributed by atoms with van der Waals surface area (Å²) in [5.41, 5.74) is 4.20. The van der Waals surface area contributed by atoms with Crippen LogP contribution in [0.25, 0.3) is 27.7 Å². The van der Waals surface area contributed by atoms with Crippen molar-refractivity contribution in [1.82, 2.24) is 29.4 Å². The van der Waals surface area contributed by atoms with Crippen molar-refractivity contribution in [2.45, 2.75) is 10.1 Å². The van der Waals surface area contributed by atoms with Crippen LogP contribution in [0.2, 0.25) is 0 Å². The highest BCUT2D eigenvalue weighted by atomic mass is 32.2. The van der Waals surface area contributed by atoms with E-state index in [0.29, 0.717) is 11.4 Å². The molecule has 1 N–H and O–H groups in total. The standard InChI is InChI=1S/C21H15N7O2S/c1-27-9-13(7-23-27)12-2-5-18-25-26-21(28(18)10-12)31-14-3-4-16-15(6-14)20-17(8-22-16)24-19(29)11-30-20/h2-10H,11H2,1H3,(H,24,29). The number of pyridine rings is 2. The number of anilines is 1. The molecule has 9 nitrogen and oxygen atoms in total. The van der Waals surface area contributed by atoms with Gasteiger partial charge in [-0.15, -0.1) is 10.2 Å². The van der Waals surface area contributed by atoms with Crippen LogP contribution in [0.1, 0.15) is 0 Å². The third kappa shape index (κ3) is 3.08. The lowest BCUT2D eigenvalue weighted by molar-refractivity contribution is -0.118. The number of benzene rings is 1. The molecule has 4 aromatic heterocycles. The normalized spacial score (nSPS) is 13.3. The Morgan fingerprint density at radius 2 is 2.03 bits per heavy atom. The van der Waals surface area contributed by atoms with E-state index in [1.54, 1.807) is 10.9 Å². The van der Waals surface area contributed by atoms with Crippen LogP contribution in [0.15, 0.2) is 65.2 Å². The lowest BCUT2D eigenvalue weighted by Crippen LogP contribution is -2.25. The molecule has 1 aliphatic heterocycles. The van der Waals surface area contributed by atoms with E-state index in [0.717, 1.165) is 37.7 Å². The fourth-order valence-electron chi connectivity index (χ4n) is 3.57. The quantitative estimate of drug-likeness (QED) is 0.470. The molecule has 1 aliphatic rings. The van der Waals surface area contributed by atoms with Gasteiger partial charge in [-0.2, -0.15) is 5.10 Å². The van der Waals surface area contributed by atoms with Gasteiger partial charge in [0.1, 0.15) is 5.69 Å². The van der Waals surface area contributed by atoms with Gasteiger partial charge in [-0.3, -0.25) is 18.9 Å². The van der Waals surface area contributed by atoms with Crippen molar-refractivity contribution in [2.24, 2.45) is 7.05 Å². The van der Waals surface area contributed by atoms with Gasteiger partial charge < -0.3 is 10.1 Å². The van der Waals surface area contributed by atoms with E-state index >= 15 is 0 Å². The van der Waals surface area contributed by atoms with Crippen LogP contribution in [0.5, 0.6) is 5.75 Å². The number of carbonyl (C=O) groups excluding carboxylic acids is 1. The second-order valence-electron chi connectivity index (χ2n) is 7.15. The molecule has 10 heteroatoms. The average Bonchev–Trinajstić information content (AvgIpc) is 3.39. The number of nitrogens with zero attached hydrogens (tertiary/aromatic N) is 6. The molecule has 31 heavy (non-hydrogen) atoms. The summed E-state index contributed by atoms with van der Waals surface area (Å²) in [5, 5.41) is 17.3. The number of aryl methyl sites for hydroxylation is 1. The largest absolute Gasteiger partial charge is 0.481 e. The summed E-state index contributed by atoms with van der Waals surface area (Å²) < 4.78 is 9.41. The highest BCUT2D eigenvalue weighted by Crippen LogP contribution is 2.37. The Morgan fingerprint density at radius 1 is 1.10 bits per heavy atom. The van der Waals surface area contributed by atoms with Crippen molar-refractivity contribution >= 4 is 39.9 Å². The monoisotopic (exact) mass is 429 g/mol. The summed E-state index contributed by atoms with van der Waals surface area (Å²) in [7, 11) is 1.89. The van der Waals surface area contributed by atoms with E-state index in [-0.39, 0.29) is 12.5 Å². The lowest BCUT2D eigenvalue weighted by atomic mass is 10.1. The van der Waals surface area contributed by atoms with Gasteiger partial charge >= 0.3 is 0 Å². The number of amides is 1. The zero-order chi connectivity index (χ0) is 20.9. The molecule has 0 bridgehead atoms. The fourth-order valence-corrected chi connectivity index (χ4v) is 4.42. The first-order chi connectivity index (χ1) is 15.1. The molecule has 0 aliphatic carbocycles. The predicted molar refractivity (Wildman–Crippen MR) is 115 cm³/mol. The molecule has 1 aromatic carbocycles. The number of fused-ring (bicyclic) bond motifs is 4. The van der Waals surface area contributed by atoms with E-state index < -0.39 is 0 Å². The summed E-state index contributed by atoms with van der Waals surface area (Å²) in [6, 6.07) is 9.86. The Bertz CT molecular complexity index is 1490. The maximum absolute atomic E-state index is 11.6. The van der Waals surface area contributed by atoms with Crippen molar-refractivity contribution in [3.63, 3.8) is 0 Å². The molecular weight excluding hydrogens is 414 g/mol. The molecule has 5 heterocycles. The first kappa shape index (κ1) is 17.9. The number of carbonyl (C=O) groups is 1. The highest BCUT2D eigenvalue weighted by Gasteiger charge is 2.20. The number of hydrogen-bond donors (Lipinski definition) is 1. The summed E-state index contributed by atoms with van der Waals surface area (Å²) in [6.45, 7) is -0.00454. The van der Waals surface area contributed by atoms with E-state index in [2.05, 4.69) is 25.6 Å². The van der Waals surface area contributed by atoms with Gasteiger partial charge in [-0.05, 0) is 42.1 Å². The fraction of sp³-hybridized carbons (Fsp3) is 0.0952. The maximum atomic E-state index is 11.6. The van der Waals surface area contributed by atoms with E-state index in [1.165, 1.54) is 11.8 Å². The van der Waals surface area contributed by atoms with Crippen molar-refractivity contribution < 1.29 is 9.53 Å². The molecule has 0 saturated carbocycles. The van der Waals surface area contributed by atoms with Crippen molar-refractivity contribution in [3.05, 3.63) is 55.1 Å². The van der Waals surface area contributed by atoms with Crippen molar-refractivity contribution in [3.8, 4) is 16.9 Å². The summed E-state index contributed by atoms with van der Waals surface area (Å²) in [6.07, 6.45) is 7.43. The minimum absolute atomic E-state index is 0.00454. The summed E-state index contributed by atoms with van der Waals surface area (Å²) >= 11 is 1.50. The minimum atomic E-state index is -0.182. The molecule has 5 aromatic rings. The minimum Gasteiger partial charge on any atom is -0.481 e. The molecule has 0 unspecified atom stereocenters. The highest BCUT2D eigenvalue weighted by molar-refractivity contribution is 7.99. The third-order valence-electron chi connectivity index (χ3n) is 5.03. The van der Waals surface area contributed by atoms with Crippen LogP contribution in [0, 0.1) is 0 Å². The van der Waals surface area contributed by atoms with Gasteiger partial charge in [0.2, 0.25) is 0 Å². The second kappa shape index (κ2) is 6.81. The van der Waals surface area contributed by atoms with Gasteiger partial charge in [0, 0.05) is 40.8 Å². The van der Waals surface area contributed by atoms with Crippen LogP contribution in [0.4, 0.5) is 5.69 Å². The topological polar surface area (TPSA) is 99.2 Å². The molecule has 0 radical (unpaired) electrons. The number of nitrogens with one attached hydrogen (secondary N) is 1. The zero-order valence-electron chi connectivity index (χ0n) is 16.3. The van der Waals surface area contributed by atoms with Gasteiger partial charge in [0.25, 0.3) is 5.91 Å². The molecule has 0 fully saturated rings. The second-order valence-corrected chi connectivity index (χ2v) is 8.19. The molecular formula is C21H15N7O2S. The molecule has 152 valence electrons. The van der Waals surface area contributed by atoms with Gasteiger partial charge in [0.15, 0.2) is 23.2 Å². The first-order valence-electron chi connectivity index (χ1n) is 9.51. The Balaban J connectivity index is 1.40. The molecule has 0 spiro atoms. The van der Waals surface area contributed by atoms with Crippen LogP contribution in [-0.2, 0) is 11.8 Å². The summed E-state index contributed by atoms with van der Waals surface area (Å²) in [4.78, 5) is 17.0. The average molecular weight is 429 g/mol. The lowest BCUT2D eigenvalue weighted by Gasteiger charge is -2.19. The summed E-state index contributed by atoms with van der Waals surface area (Å²) in [5.74, 6) is 0.454. The van der Waals surface area contributed by atoms with Crippen LogP contribution in [0.3, 0.4) is 0 Å². The SMILES string of the molecule is Cn1cc(-c2ccc3nnc(Sc4ccc5ncc6c(c5c4)OCC(=O)N6)n3c2)cn1.